The summed E-state index contributed by atoms with van der Waals surface area (Å²) in [5, 5.41) is 17.8. The highest BCUT2D eigenvalue weighted by Crippen LogP contribution is 2.45. The average molecular weight is 568 g/mol. The summed E-state index contributed by atoms with van der Waals surface area (Å²) in [4.78, 5) is 4.58. The van der Waals surface area contributed by atoms with Gasteiger partial charge < -0.3 is 0 Å². The quantitative estimate of drug-likeness (QED) is 0.295. The van der Waals surface area contributed by atoms with Crippen LogP contribution in [0.4, 0.5) is 0 Å². The molecule has 204 valence electrons. The lowest BCUT2D eigenvalue weighted by molar-refractivity contribution is 0.339. The highest BCUT2D eigenvalue weighted by molar-refractivity contribution is 7.90. The first-order valence-electron chi connectivity index (χ1n) is 13.1. The van der Waals surface area contributed by atoms with E-state index in [4.69, 9.17) is 0 Å². The second kappa shape index (κ2) is 9.39. The molecule has 0 unspecified atom stereocenters. The maximum atomic E-state index is 13.5. The van der Waals surface area contributed by atoms with E-state index < -0.39 is 20.0 Å². The Morgan fingerprint density at radius 1 is 1.08 bits per heavy atom. The summed E-state index contributed by atoms with van der Waals surface area (Å²) in [7, 11) is -7.42. The van der Waals surface area contributed by atoms with E-state index in [0.717, 1.165) is 12.0 Å². The van der Waals surface area contributed by atoms with Crippen molar-refractivity contribution in [1.29, 1.82) is 5.26 Å². The Balaban J connectivity index is 1.42. The molecule has 1 aromatic carbocycles. The normalized spacial score (nSPS) is 22.2. The monoisotopic (exact) mass is 567 g/mol. The van der Waals surface area contributed by atoms with Crippen LogP contribution in [0, 0.1) is 24.2 Å². The number of benzene rings is 1. The Labute approximate surface area is 227 Å². The molecular formula is C26H29N7O4S2. The molecule has 0 saturated heterocycles. The van der Waals surface area contributed by atoms with Gasteiger partial charge in [-0.2, -0.15) is 9.57 Å². The molecule has 2 aliphatic carbocycles. The third kappa shape index (κ3) is 4.21. The van der Waals surface area contributed by atoms with Gasteiger partial charge in [0.15, 0.2) is 11.3 Å². The fraction of sp³-hybridized carbons (Fsp3) is 0.462. The molecule has 0 amide bonds. The molecule has 0 N–H and O–H groups in total. The van der Waals surface area contributed by atoms with Crippen molar-refractivity contribution in [2.75, 3.05) is 6.54 Å². The second-order valence-electron chi connectivity index (χ2n) is 10.5. The fourth-order valence-electron chi connectivity index (χ4n) is 5.86. The van der Waals surface area contributed by atoms with E-state index in [-0.39, 0.29) is 40.2 Å². The summed E-state index contributed by atoms with van der Waals surface area (Å²) in [5.41, 5.74) is 2.26. The molecule has 3 atom stereocenters. The Morgan fingerprint density at radius 2 is 1.82 bits per heavy atom. The molecule has 0 spiro atoms. The first-order valence-corrected chi connectivity index (χ1v) is 16.0. The molecule has 3 aromatic heterocycles. The van der Waals surface area contributed by atoms with E-state index in [1.54, 1.807) is 30.3 Å². The van der Waals surface area contributed by atoms with Gasteiger partial charge in [-0.25, -0.2) is 25.8 Å². The minimum atomic E-state index is -3.89. The second-order valence-corrected chi connectivity index (χ2v) is 14.5. The van der Waals surface area contributed by atoms with Crippen LogP contribution in [0.2, 0.25) is 0 Å². The zero-order valence-corrected chi connectivity index (χ0v) is 23.3. The summed E-state index contributed by atoms with van der Waals surface area (Å²) >= 11 is 0. The van der Waals surface area contributed by atoms with Crippen molar-refractivity contribution in [2.45, 2.75) is 68.1 Å². The topological polar surface area (TPSA) is 143 Å². The number of fused-ring (bicyclic) bond motifs is 3. The molecule has 39 heavy (non-hydrogen) atoms. The molecule has 3 heterocycles. The van der Waals surface area contributed by atoms with Crippen molar-refractivity contribution < 1.29 is 16.8 Å². The lowest BCUT2D eigenvalue weighted by Crippen LogP contribution is -2.41. The minimum absolute atomic E-state index is 0.117. The number of rotatable bonds is 8. The van der Waals surface area contributed by atoms with Crippen LogP contribution in [0.5, 0.6) is 0 Å². The van der Waals surface area contributed by atoms with Crippen LogP contribution in [-0.4, -0.2) is 62.5 Å². The van der Waals surface area contributed by atoms with Crippen LogP contribution in [0.1, 0.15) is 56.3 Å². The zero-order valence-electron chi connectivity index (χ0n) is 21.7. The van der Waals surface area contributed by atoms with Crippen LogP contribution in [0.3, 0.4) is 0 Å². The van der Waals surface area contributed by atoms with Gasteiger partial charge in [-0.15, -0.1) is 10.2 Å². The number of nitrogens with zero attached hydrogens (tertiary/aromatic N) is 7. The number of hydrogen-bond acceptors (Lipinski definition) is 8. The lowest BCUT2D eigenvalue weighted by atomic mass is 9.93. The van der Waals surface area contributed by atoms with E-state index in [2.05, 4.69) is 22.1 Å². The summed E-state index contributed by atoms with van der Waals surface area (Å²) in [6.45, 7) is 3.79. The molecule has 0 aliphatic heterocycles. The molecule has 13 heteroatoms. The number of aryl methyl sites for hydroxylation is 1. The van der Waals surface area contributed by atoms with E-state index in [1.807, 2.05) is 17.4 Å². The Kier molecular flexibility index (Phi) is 6.24. The van der Waals surface area contributed by atoms with Gasteiger partial charge in [0.1, 0.15) is 12.4 Å². The third-order valence-electron chi connectivity index (χ3n) is 8.07. The van der Waals surface area contributed by atoms with E-state index in [1.165, 1.54) is 20.7 Å². The third-order valence-corrected chi connectivity index (χ3v) is 12.1. The Bertz CT molecular complexity index is 1820. The van der Waals surface area contributed by atoms with Gasteiger partial charge in [0.25, 0.3) is 10.0 Å². The summed E-state index contributed by atoms with van der Waals surface area (Å²) in [5.74, 6) is 0.658. The van der Waals surface area contributed by atoms with Crippen LogP contribution in [0.15, 0.2) is 47.6 Å². The zero-order chi connectivity index (χ0) is 27.5. The molecule has 0 radical (unpaired) electrons. The van der Waals surface area contributed by atoms with Crippen molar-refractivity contribution in [3.63, 3.8) is 0 Å². The number of sulfonamides is 1. The van der Waals surface area contributed by atoms with Crippen molar-refractivity contribution in [2.24, 2.45) is 5.92 Å². The van der Waals surface area contributed by atoms with Gasteiger partial charge >= 0.3 is 0 Å². The first-order chi connectivity index (χ1) is 18.7. The van der Waals surface area contributed by atoms with Gasteiger partial charge in [-0.05, 0) is 56.7 Å². The number of hydrogen-bond donors (Lipinski definition) is 0. The fourth-order valence-corrected chi connectivity index (χ4v) is 9.10. The highest BCUT2D eigenvalue weighted by Gasteiger charge is 2.47. The molecule has 2 fully saturated rings. The van der Waals surface area contributed by atoms with Crippen LogP contribution < -0.4 is 0 Å². The van der Waals surface area contributed by atoms with Gasteiger partial charge in [0, 0.05) is 18.2 Å². The van der Waals surface area contributed by atoms with Crippen molar-refractivity contribution >= 4 is 36.9 Å². The van der Waals surface area contributed by atoms with E-state index in [9.17, 15) is 22.1 Å². The van der Waals surface area contributed by atoms with Gasteiger partial charge in [-0.3, -0.25) is 4.40 Å². The van der Waals surface area contributed by atoms with Crippen LogP contribution >= 0.6 is 0 Å². The average Bonchev–Trinajstić information content (AvgIpc) is 3.36. The Morgan fingerprint density at radius 3 is 2.49 bits per heavy atom. The molecule has 6 rings (SSSR count). The van der Waals surface area contributed by atoms with Crippen LogP contribution in [0.25, 0.3) is 16.8 Å². The standard InChI is InChI=1S/C26H29N7O4S2/c1-3-18-14-19(31(13-11-27)38(34,35)21-8-9-21)15-22(18)25-30-29-24-16-28-26-23(33(24)25)10-12-32(26)39(36,37)20-6-4-17(2)5-7-20/h4-7,10,12,16,18-19,21-22H,3,8-9,13-15H2,1-2H3/t18-,19+,22+/m1/s1. The maximum Gasteiger partial charge on any atom is 0.269 e. The van der Waals surface area contributed by atoms with Crippen molar-refractivity contribution in [1.82, 2.24) is 27.9 Å². The predicted octanol–water partition coefficient (Wildman–Crippen LogP) is 3.21. The van der Waals surface area contributed by atoms with Crippen LogP contribution in [-0.2, 0) is 20.0 Å². The first kappa shape index (κ1) is 25.9. The van der Waals surface area contributed by atoms with Crippen molar-refractivity contribution in [3.05, 3.63) is 54.1 Å². The summed E-state index contributed by atoms with van der Waals surface area (Å²) < 4.78 is 57.6. The molecule has 11 nitrogen and oxygen atoms in total. The lowest BCUT2D eigenvalue weighted by Gasteiger charge is -2.26. The Hall–Kier alpha value is -3.34. The number of nitriles is 1. The number of aromatic nitrogens is 5. The minimum Gasteiger partial charge on any atom is -0.274 e. The van der Waals surface area contributed by atoms with Gasteiger partial charge in [0.2, 0.25) is 10.0 Å². The van der Waals surface area contributed by atoms with E-state index >= 15 is 0 Å². The maximum absolute atomic E-state index is 13.5. The highest BCUT2D eigenvalue weighted by atomic mass is 32.2. The van der Waals surface area contributed by atoms with Gasteiger partial charge in [0.05, 0.1) is 27.9 Å². The molecule has 2 aliphatic rings. The SMILES string of the molecule is CC[C@@H]1C[C@H](N(CC#N)S(=O)(=O)C2CC2)C[C@@H]1c1nnc2cnc3c(ccn3S(=O)(=O)c3ccc(C)cc3)n12. The summed E-state index contributed by atoms with van der Waals surface area (Å²) in [6.07, 6.45) is 6.21. The summed E-state index contributed by atoms with van der Waals surface area (Å²) in [6, 6.07) is 10.1. The molecule has 2 saturated carbocycles. The van der Waals surface area contributed by atoms with Gasteiger partial charge in [-0.1, -0.05) is 31.0 Å². The largest absolute Gasteiger partial charge is 0.274 e. The molecule has 0 bridgehead atoms. The molecule has 4 aromatic rings. The predicted molar refractivity (Wildman–Crippen MR) is 144 cm³/mol. The van der Waals surface area contributed by atoms with E-state index in [0.29, 0.717) is 42.7 Å². The molecular weight excluding hydrogens is 538 g/mol. The smallest absolute Gasteiger partial charge is 0.269 e. The van der Waals surface area contributed by atoms with Crippen molar-refractivity contribution in [3.8, 4) is 6.07 Å².